The van der Waals surface area contributed by atoms with Crippen LogP contribution in [0.5, 0.6) is 0 Å². The van der Waals surface area contributed by atoms with Gasteiger partial charge in [-0.25, -0.2) is 0 Å². The summed E-state index contributed by atoms with van der Waals surface area (Å²) in [6.07, 6.45) is 5.00. The van der Waals surface area contributed by atoms with Gasteiger partial charge in [0.2, 0.25) is 0 Å². The monoisotopic (exact) mass is 651 g/mol. The molecular weight excluding hydrogens is 615 g/mol. The maximum Gasteiger partial charge on any atom is 0.0665 e. The van der Waals surface area contributed by atoms with Crippen molar-refractivity contribution in [3.63, 3.8) is 0 Å². The Labute approximate surface area is 299 Å². The minimum absolute atomic E-state index is 0.261. The summed E-state index contributed by atoms with van der Waals surface area (Å²) in [5.41, 5.74) is 13.2. The molecule has 0 unspecified atom stereocenters. The lowest BCUT2D eigenvalue weighted by Crippen LogP contribution is -2.23. The molecule has 0 heterocycles. The van der Waals surface area contributed by atoms with E-state index in [4.69, 9.17) is 4.99 Å². The molecule has 0 saturated heterocycles. The van der Waals surface area contributed by atoms with Crippen molar-refractivity contribution in [3.05, 3.63) is 221 Å². The van der Waals surface area contributed by atoms with Crippen LogP contribution in [0.25, 0.3) is 49.5 Å². The molecule has 8 aromatic rings. The van der Waals surface area contributed by atoms with E-state index in [0.717, 1.165) is 23.2 Å². The third-order valence-corrected chi connectivity index (χ3v) is 10.7. The average Bonchev–Trinajstić information content (AvgIpc) is 3.48. The van der Waals surface area contributed by atoms with Crippen molar-refractivity contribution in [2.24, 2.45) is 4.99 Å². The van der Waals surface area contributed by atoms with Crippen LogP contribution in [0.4, 0.5) is 0 Å². The summed E-state index contributed by atoms with van der Waals surface area (Å²) in [6.45, 7) is 2.41. The average molecular weight is 652 g/mol. The molecule has 0 aliphatic heterocycles. The molecule has 1 heteroatoms. The lowest BCUT2D eigenvalue weighted by Gasteiger charge is -2.31. The van der Waals surface area contributed by atoms with Crippen LogP contribution >= 0.6 is 0 Å². The third kappa shape index (κ3) is 5.48. The number of hydrogen-bond acceptors (Lipinski definition) is 1. The van der Waals surface area contributed by atoms with E-state index in [2.05, 4.69) is 177 Å². The van der Waals surface area contributed by atoms with Gasteiger partial charge in [-0.2, -0.15) is 0 Å². The second-order valence-corrected chi connectivity index (χ2v) is 13.6. The van der Waals surface area contributed by atoms with Gasteiger partial charge in [0.15, 0.2) is 0 Å². The maximum absolute atomic E-state index is 4.95. The number of rotatable bonds is 8. The van der Waals surface area contributed by atoms with E-state index < -0.39 is 0 Å². The fourth-order valence-electron chi connectivity index (χ4n) is 8.03. The van der Waals surface area contributed by atoms with Crippen molar-refractivity contribution < 1.29 is 0 Å². The SMILES string of the molecule is CC1(c2ccccc2-c2ccc(-c3ccc(/C(=C/Cc4ccccc4)N=Cc4ccccc4)cc3)cc2)c2cccc3ccc4cccc1c4c23. The summed E-state index contributed by atoms with van der Waals surface area (Å²) in [5, 5.41) is 5.41. The topological polar surface area (TPSA) is 12.4 Å². The lowest BCUT2D eigenvalue weighted by molar-refractivity contribution is 0.718. The minimum Gasteiger partial charge on any atom is -0.256 e. The Balaban J connectivity index is 1.04. The Kier molecular flexibility index (Phi) is 7.75. The largest absolute Gasteiger partial charge is 0.256 e. The van der Waals surface area contributed by atoms with Gasteiger partial charge in [-0.15, -0.1) is 0 Å². The lowest BCUT2D eigenvalue weighted by atomic mass is 9.71. The van der Waals surface area contributed by atoms with E-state index in [1.807, 2.05) is 24.4 Å². The van der Waals surface area contributed by atoms with Gasteiger partial charge in [0.1, 0.15) is 0 Å². The first-order valence-electron chi connectivity index (χ1n) is 17.8. The van der Waals surface area contributed by atoms with E-state index in [1.54, 1.807) is 0 Å². The van der Waals surface area contributed by atoms with Crippen LogP contribution in [-0.4, -0.2) is 6.21 Å². The number of allylic oxidation sites excluding steroid dienone is 1. The van der Waals surface area contributed by atoms with E-state index in [0.29, 0.717) is 0 Å². The number of hydrogen-bond donors (Lipinski definition) is 0. The van der Waals surface area contributed by atoms with Crippen LogP contribution in [0.3, 0.4) is 0 Å². The first kappa shape index (κ1) is 30.7. The van der Waals surface area contributed by atoms with Gasteiger partial charge in [-0.1, -0.05) is 188 Å². The van der Waals surface area contributed by atoms with Gasteiger partial charge in [0.05, 0.1) is 5.70 Å². The molecule has 242 valence electrons. The molecule has 0 saturated carbocycles. The first-order valence-corrected chi connectivity index (χ1v) is 17.8. The summed E-state index contributed by atoms with van der Waals surface area (Å²) >= 11 is 0. The molecule has 0 bridgehead atoms. The Morgan fingerprint density at radius 2 is 1.02 bits per heavy atom. The third-order valence-electron chi connectivity index (χ3n) is 10.7. The molecule has 1 aliphatic carbocycles. The second kappa shape index (κ2) is 12.9. The van der Waals surface area contributed by atoms with Crippen LogP contribution in [0, 0.1) is 0 Å². The summed E-state index contributed by atoms with van der Waals surface area (Å²) in [4.78, 5) is 4.95. The summed E-state index contributed by atoms with van der Waals surface area (Å²) in [7, 11) is 0. The zero-order chi connectivity index (χ0) is 34.2. The molecule has 0 radical (unpaired) electrons. The molecule has 8 aromatic carbocycles. The van der Waals surface area contributed by atoms with Crippen LogP contribution in [-0.2, 0) is 11.8 Å². The Bertz CT molecular complexity index is 2510. The maximum atomic E-state index is 4.95. The molecule has 0 atom stereocenters. The zero-order valence-corrected chi connectivity index (χ0v) is 28.6. The van der Waals surface area contributed by atoms with Crippen molar-refractivity contribution in [1.29, 1.82) is 0 Å². The molecule has 1 nitrogen and oxygen atoms in total. The van der Waals surface area contributed by atoms with Gasteiger partial charge >= 0.3 is 0 Å². The number of benzene rings is 8. The van der Waals surface area contributed by atoms with E-state index in [-0.39, 0.29) is 5.41 Å². The summed E-state index contributed by atoms with van der Waals surface area (Å²) < 4.78 is 0. The van der Waals surface area contributed by atoms with Crippen molar-refractivity contribution in [2.75, 3.05) is 0 Å². The summed E-state index contributed by atoms with van der Waals surface area (Å²) in [5.74, 6) is 0. The van der Waals surface area contributed by atoms with Crippen molar-refractivity contribution >= 4 is 33.5 Å². The molecule has 51 heavy (non-hydrogen) atoms. The second-order valence-electron chi connectivity index (χ2n) is 13.6. The highest BCUT2D eigenvalue weighted by molar-refractivity contribution is 6.15. The smallest absolute Gasteiger partial charge is 0.0665 e. The summed E-state index contributed by atoms with van der Waals surface area (Å²) in [6, 6.07) is 65.8. The quantitative estimate of drug-likeness (QED) is 0.115. The van der Waals surface area contributed by atoms with Gasteiger partial charge in [0.25, 0.3) is 0 Å². The molecule has 0 spiro atoms. The van der Waals surface area contributed by atoms with Crippen LogP contribution < -0.4 is 0 Å². The Hall–Kier alpha value is -6.31. The predicted octanol–water partition coefficient (Wildman–Crippen LogP) is 12.7. The molecule has 0 aromatic heterocycles. The van der Waals surface area contributed by atoms with Gasteiger partial charge in [-0.3, -0.25) is 4.99 Å². The minimum atomic E-state index is -0.261. The molecular formula is C50H37N. The fourth-order valence-corrected chi connectivity index (χ4v) is 8.03. The first-order chi connectivity index (χ1) is 25.2. The van der Waals surface area contributed by atoms with Crippen molar-refractivity contribution in [3.8, 4) is 22.3 Å². The number of nitrogens with zero attached hydrogens (tertiary/aromatic N) is 1. The molecule has 0 fully saturated rings. The van der Waals surface area contributed by atoms with Crippen molar-refractivity contribution in [2.45, 2.75) is 18.8 Å². The normalized spacial score (nSPS) is 13.5. The standard InChI is InChI=1S/C50H37N/c1-50(45-20-10-16-41-31-32-42-17-11-21-46(50)49(42)48(41)45)44-19-9-8-18-43(44)39-27-23-37(24-28-39)38-25-29-40(30-26-38)47(33-22-35-12-4-2-5-13-35)51-34-36-14-6-3-7-15-36/h2-21,23-34H,22H2,1H3/b47-33-,51-34?. The van der Waals surface area contributed by atoms with E-state index >= 15 is 0 Å². The molecule has 1 aliphatic rings. The highest BCUT2D eigenvalue weighted by Gasteiger charge is 2.40. The molecule has 0 N–H and O–H groups in total. The molecule has 9 rings (SSSR count). The Morgan fingerprint density at radius 3 is 1.67 bits per heavy atom. The van der Waals surface area contributed by atoms with Gasteiger partial charge in [0, 0.05) is 11.6 Å². The highest BCUT2D eigenvalue weighted by Crippen LogP contribution is 2.53. The van der Waals surface area contributed by atoms with E-state index in [9.17, 15) is 0 Å². The Morgan fingerprint density at radius 1 is 0.490 bits per heavy atom. The van der Waals surface area contributed by atoms with Gasteiger partial charge in [-0.05, 0) is 90.5 Å². The predicted molar refractivity (Wildman–Crippen MR) is 216 cm³/mol. The van der Waals surface area contributed by atoms with Crippen LogP contribution in [0.2, 0.25) is 0 Å². The zero-order valence-electron chi connectivity index (χ0n) is 28.6. The molecule has 0 amide bonds. The van der Waals surface area contributed by atoms with Crippen LogP contribution in [0.15, 0.2) is 193 Å². The van der Waals surface area contributed by atoms with E-state index in [1.165, 1.54) is 66.1 Å². The van der Waals surface area contributed by atoms with Gasteiger partial charge < -0.3 is 0 Å². The van der Waals surface area contributed by atoms with Crippen molar-refractivity contribution in [1.82, 2.24) is 0 Å². The van der Waals surface area contributed by atoms with Crippen LogP contribution in [0.1, 0.15) is 40.3 Å². The fraction of sp³-hybridized carbons (Fsp3) is 0.0600. The highest BCUT2D eigenvalue weighted by atomic mass is 14.7. The number of aliphatic imine (C=N–C) groups is 1.